The van der Waals surface area contributed by atoms with Crippen LogP contribution in [0, 0.1) is 0 Å². The lowest BCUT2D eigenvalue weighted by Crippen LogP contribution is -2.30. The molecule has 0 saturated carbocycles. The summed E-state index contributed by atoms with van der Waals surface area (Å²) in [6, 6.07) is 9.97. The van der Waals surface area contributed by atoms with Crippen molar-refractivity contribution in [2.75, 3.05) is 18.0 Å². The smallest absolute Gasteiger partial charge is 0.139 e. The zero-order chi connectivity index (χ0) is 12.8. The maximum Gasteiger partial charge on any atom is 0.139 e. The van der Waals surface area contributed by atoms with Gasteiger partial charge in [0.05, 0.1) is 5.60 Å². The first-order valence-electron chi connectivity index (χ1n) is 6.08. The Balaban J connectivity index is 2.03. The number of hydrogen-bond donors (Lipinski definition) is 1. The van der Waals surface area contributed by atoms with Crippen LogP contribution < -0.4 is 4.90 Å². The summed E-state index contributed by atoms with van der Waals surface area (Å²) in [4.78, 5) is 6.51. The maximum atomic E-state index is 10.0. The first kappa shape index (κ1) is 11.8. The molecule has 1 N–H and O–H groups in total. The fraction of sp³-hybridized carbons (Fsp3) is 0.357. The van der Waals surface area contributed by atoms with Crippen molar-refractivity contribution in [3.63, 3.8) is 0 Å². The van der Waals surface area contributed by atoms with Crippen molar-refractivity contribution in [3.8, 4) is 0 Å². The van der Waals surface area contributed by atoms with Crippen molar-refractivity contribution in [2.45, 2.75) is 18.9 Å². The lowest BCUT2D eigenvalue weighted by molar-refractivity contribution is 0.0839. The van der Waals surface area contributed by atoms with Crippen LogP contribution in [0.2, 0.25) is 5.15 Å². The summed E-state index contributed by atoms with van der Waals surface area (Å²) in [6.07, 6.45) is 0.763. The molecule has 1 aliphatic heterocycles. The van der Waals surface area contributed by atoms with Crippen molar-refractivity contribution in [1.82, 2.24) is 4.98 Å². The van der Waals surface area contributed by atoms with Crippen LogP contribution >= 0.6 is 11.6 Å². The largest absolute Gasteiger partial charge is 0.388 e. The summed E-state index contributed by atoms with van der Waals surface area (Å²) >= 11 is 6.21. The Morgan fingerprint density at radius 2 is 2.17 bits per heavy atom. The maximum absolute atomic E-state index is 10.0. The Hall–Kier alpha value is -1.32. The molecule has 0 bridgehead atoms. The van der Waals surface area contributed by atoms with Gasteiger partial charge in [-0.15, -0.1) is 0 Å². The number of anilines is 1. The second-order valence-corrected chi connectivity index (χ2v) is 5.52. The normalized spacial score (nSPS) is 23.8. The Labute approximate surface area is 111 Å². The van der Waals surface area contributed by atoms with E-state index in [0.29, 0.717) is 11.7 Å². The summed E-state index contributed by atoms with van der Waals surface area (Å²) in [5.74, 6) is 0.844. The SMILES string of the molecule is CC1(O)CCN(c2cc3ccccc3c(Cl)n2)C1. The molecule has 1 atom stereocenters. The van der Waals surface area contributed by atoms with Crippen LogP contribution in [0.5, 0.6) is 0 Å². The zero-order valence-electron chi connectivity index (χ0n) is 10.2. The molecule has 0 radical (unpaired) electrons. The van der Waals surface area contributed by atoms with Crippen LogP contribution in [0.4, 0.5) is 5.82 Å². The zero-order valence-corrected chi connectivity index (χ0v) is 11.0. The second kappa shape index (κ2) is 4.11. The molecule has 94 valence electrons. The van der Waals surface area contributed by atoms with Crippen LogP contribution in [0.1, 0.15) is 13.3 Å². The van der Waals surface area contributed by atoms with Gasteiger partial charge in [-0.3, -0.25) is 0 Å². The fourth-order valence-electron chi connectivity index (χ4n) is 2.45. The van der Waals surface area contributed by atoms with Crippen molar-refractivity contribution < 1.29 is 5.11 Å². The molecular formula is C14H15ClN2O. The molecule has 1 saturated heterocycles. The Bertz CT molecular complexity index is 597. The van der Waals surface area contributed by atoms with Gasteiger partial charge in [-0.1, -0.05) is 35.9 Å². The predicted octanol–water partition coefficient (Wildman–Crippen LogP) is 2.85. The number of hydrogen-bond acceptors (Lipinski definition) is 3. The van der Waals surface area contributed by atoms with Gasteiger partial charge >= 0.3 is 0 Å². The average Bonchev–Trinajstić information content (AvgIpc) is 2.70. The molecule has 0 amide bonds. The summed E-state index contributed by atoms with van der Waals surface area (Å²) in [5, 5.41) is 12.6. The number of benzene rings is 1. The number of nitrogens with zero attached hydrogens (tertiary/aromatic N) is 2. The summed E-state index contributed by atoms with van der Waals surface area (Å²) < 4.78 is 0. The fourth-order valence-corrected chi connectivity index (χ4v) is 2.70. The first-order chi connectivity index (χ1) is 8.55. The minimum absolute atomic E-state index is 0.523. The first-order valence-corrected chi connectivity index (χ1v) is 6.46. The van der Waals surface area contributed by atoms with Gasteiger partial charge in [0.1, 0.15) is 11.0 Å². The van der Waals surface area contributed by atoms with E-state index in [1.165, 1.54) is 0 Å². The van der Waals surface area contributed by atoms with Crippen LogP contribution in [-0.4, -0.2) is 28.8 Å². The van der Waals surface area contributed by atoms with E-state index in [1.54, 1.807) is 0 Å². The highest BCUT2D eigenvalue weighted by Crippen LogP contribution is 2.30. The molecule has 2 aromatic rings. The van der Waals surface area contributed by atoms with E-state index < -0.39 is 5.60 Å². The van der Waals surface area contributed by atoms with E-state index in [9.17, 15) is 5.11 Å². The Kier molecular flexibility index (Phi) is 2.68. The van der Waals surface area contributed by atoms with Crippen molar-refractivity contribution in [1.29, 1.82) is 0 Å². The van der Waals surface area contributed by atoms with E-state index in [1.807, 2.05) is 37.3 Å². The van der Waals surface area contributed by atoms with Gasteiger partial charge in [0, 0.05) is 18.5 Å². The van der Waals surface area contributed by atoms with Crippen molar-refractivity contribution in [3.05, 3.63) is 35.5 Å². The summed E-state index contributed by atoms with van der Waals surface area (Å²) in [7, 11) is 0. The van der Waals surface area contributed by atoms with Gasteiger partial charge in [-0.2, -0.15) is 0 Å². The highest BCUT2D eigenvalue weighted by Gasteiger charge is 2.32. The quantitative estimate of drug-likeness (QED) is 0.803. The standard InChI is InChI=1S/C14H15ClN2O/c1-14(18)6-7-17(9-14)12-8-10-4-2-3-5-11(10)13(15)16-12/h2-5,8,18H,6-7,9H2,1H3. The predicted molar refractivity (Wildman–Crippen MR) is 74.2 cm³/mol. The van der Waals surface area contributed by atoms with E-state index in [-0.39, 0.29) is 0 Å². The molecule has 1 aromatic heterocycles. The van der Waals surface area contributed by atoms with Gasteiger partial charge < -0.3 is 10.0 Å². The lowest BCUT2D eigenvalue weighted by Gasteiger charge is -2.20. The third-order valence-electron chi connectivity index (χ3n) is 3.46. The van der Waals surface area contributed by atoms with Crippen molar-refractivity contribution in [2.24, 2.45) is 0 Å². The van der Waals surface area contributed by atoms with Gasteiger partial charge in [-0.25, -0.2) is 4.98 Å². The topological polar surface area (TPSA) is 36.4 Å². The molecule has 0 aliphatic carbocycles. The minimum Gasteiger partial charge on any atom is -0.388 e. The number of halogens is 1. The number of fused-ring (bicyclic) bond motifs is 1. The van der Waals surface area contributed by atoms with Gasteiger partial charge in [0.15, 0.2) is 0 Å². The number of rotatable bonds is 1. The molecule has 1 unspecified atom stereocenters. The van der Waals surface area contributed by atoms with Gasteiger partial charge in [-0.05, 0) is 24.8 Å². The second-order valence-electron chi connectivity index (χ2n) is 5.16. The minimum atomic E-state index is -0.625. The Morgan fingerprint density at radius 3 is 2.89 bits per heavy atom. The third kappa shape index (κ3) is 2.04. The average molecular weight is 263 g/mol. The monoisotopic (exact) mass is 262 g/mol. The van der Waals surface area contributed by atoms with Crippen molar-refractivity contribution >= 4 is 28.2 Å². The molecule has 2 heterocycles. The van der Waals surface area contributed by atoms with Crippen LogP contribution in [0.15, 0.2) is 30.3 Å². The van der Waals surface area contributed by atoms with Crippen LogP contribution in [0.25, 0.3) is 10.8 Å². The van der Waals surface area contributed by atoms with Crippen LogP contribution in [-0.2, 0) is 0 Å². The molecular weight excluding hydrogens is 248 g/mol. The molecule has 1 fully saturated rings. The van der Waals surface area contributed by atoms with Gasteiger partial charge in [0.25, 0.3) is 0 Å². The summed E-state index contributed by atoms with van der Waals surface area (Å²) in [6.45, 7) is 3.28. The summed E-state index contributed by atoms with van der Waals surface area (Å²) in [5.41, 5.74) is -0.625. The molecule has 3 nitrogen and oxygen atoms in total. The van der Waals surface area contributed by atoms with E-state index in [0.717, 1.165) is 29.6 Å². The number of pyridine rings is 1. The molecule has 1 aliphatic rings. The van der Waals surface area contributed by atoms with Gasteiger partial charge in [0.2, 0.25) is 0 Å². The number of β-amino-alcohol motifs (C(OH)–C–C–N with tert-alkyl or cyclic N) is 1. The van der Waals surface area contributed by atoms with E-state index >= 15 is 0 Å². The highest BCUT2D eigenvalue weighted by molar-refractivity contribution is 6.34. The third-order valence-corrected chi connectivity index (χ3v) is 3.74. The molecule has 0 spiro atoms. The highest BCUT2D eigenvalue weighted by atomic mass is 35.5. The molecule has 3 rings (SSSR count). The van der Waals surface area contributed by atoms with E-state index in [2.05, 4.69) is 9.88 Å². The molecule has 4 heteroatoms. The van der Waals surface area contributed by atoms with E-state index in [4.69, 9.17) is 11.6 Å². The number of aromatic nitrogens is 1. The van der Waals surface area contributed by atoms with Crippen LogP contribution in [0.3, 0.4) is 0 Å². The molecule has 18 heavy (non-hydrogen) atoms. The lowest BCUT2D eigenvalue weighted by atomic mass is 10.1. The number of aliphatic hydroxyl groups is 1. The Morgan fingerprint density at radius 1 is 1.39 bits per heavy atom. The molecule has 1 aromatic carbocycles.